The highest BCUT2D eigenvalue weighted by atomic mass is 32.2. The summed E-state index contributed by atoms with van der Waals surface area (Å²) in [5, 5.41) is 3.33. The van der Waals surface area contributed by atoms with Crippen molar-refractivity contribution < 1.29 is 35.8 Å². The molecule has 0 amide bonds. The first-order valence-electron chi connectivity index (χ1n) is 9.57. The van der Waals surface area contributed by atoms with Crippen LogP contribution in [0.15, 0.2) is 41.6 Å². The Balaban J connectivity index is 2.11. The van der Waals surface area contributed by atoms with E-state index in [0.29, 0.717) is 29.0 Å². The normalized spacial score (nSPS) is 11.9. The second-order valence-electron chi connectivity index (χ2n) is 6.57. The van der Waals surface area contributed by atoms with Gasteiger partial charge in [0.05, 0.1) is 29.8 Å². The Kier molecular flexibility index (Phi) is 7.12. The van der Waals surface area contributed by atoms with E-state index in [-0.39, 0.29) is 22.2 Å². The van der Waals surface area contributed by atoms with Crippen molar-refractivity contribution in [2.75, 3.05) is 32.7 Å². The van der Waals surface area contributed by atoms with Crippen molar-refractivity contribution >= 4 is 32.4 Å². The molecular weight excluding hydrogens is 465 g/mol. The molecule has 0 spiro atoms. The third-order valence-electron chi connectivity index (χ3n) is 4.40. The molecule has 1 aromatic heterocycles. The number of anilines is 2. The van der Waals surface area contributed by atoms with Gasteiger partial charge >= 0.3 is 6.18 Å². The third kappa shape index (κ3) is 5.73. The van der Waals surface area contributed by atoms with Gasteiger partial charge in [-0.2, -0.15) is 13.2 Å². The number of hydrogen-bond acceptors (Lipinski definition) is 8. The van der Waals surface area contributed by atoms with E-state index < -0.39 is 22.8 Å². The van der Waals surface area contributed by atoms with Crippen LogP contribution in [0.1, 0.15) is 6.92 Å². The lowest BCUT2D eigenvalue weighted by Crippen LogP contribution is -2.20. The van der Waals surface area contributed by atoms with Crippen LogP contribution >= 0.6 is 0 Å². The molecule has 3 aromatic rings. The fraction of sp³-hybridized carbons (Fsp3) is 0.300. The Morgan fingerprint density at radius 1 is 1.03 bits per heavy atom. The number of alkyl halides is 3. The van der Waals surface area contributed by atoms with Crippen molar-refractivity contribution in [2.24, 2.45) is 0 Å². The third-order valence-corrected chi connectivity index (χ3v) is 5.81. The maximum absolute atomic E-state index is 12.7. The fourth-order valence-electron chi connectivity index (χ4n) is 2.90. The summed E-state index contributed by atoms with van der Waals surface area (Å²) < 4.78 is 80.5. The number of sulfonamides is 1. The maximum atomic E-state index is 12.7. The minimum atomic E-state index is -4.59. The molecule has 1 heterocycles. The van der Waals surface area contributed by atoms with Crippen molar-refractivity contribution in [2.45, 2.75) is 18.0 Å². The summed E-state index contributed by atoms with van der Waals surface area (Å²) in [4.78, 5) is 8.16. The van der Waals surface area contributed by atoms with E-state index in [4.69, 9.17) is 14.2 Å². The number of nitrogens with one attached hydrogen (secondary N) is 2. The first kappa shape index (κ1) is 24.3. The molecule has 0 bridgehead atoms. The Morgan fingerprint density at radius 3 is 2.42 bits per heavy atom. The smallest absolute Gasteiger partial charge is 0.422 e. The van der Waals surface area contributed by atoms with Crippen molar-refractivity contribution in [1.82, 2.24) is 14.7 Å². The maximum Gasteiger partial charge on any atom is 0.422 e. The first-order chi connectivity index (χ1) is 15.6. The largest absolute Gasteiger partial charge is 0.493 e. The Labute approximate surface area is 187 Å². The fourth-order valence-corrected chi connectivity index (χ4v) is 3.65. The van der Waals surface area contributed by atoms with Gasteiger partial charge in [0.15, 0.2) is 18.1 Å². The predicted octanol–water partition coefficient (Wildman–Crippen LogP) is 3.63. The minimum Gasteiger partial charge on any atom is -0.493 e. The molecule has 33 heavy (non-hydrogen) atoms. The van der Waals surface area contributed by atoms with Gasteiger partial charge in [0, 0.05) is 11.5 Å². The summed E-state index contributed by atoms with van der Waals surface area (Å²) in [5.74, 6) is 0.822. The number of fused-ring (bicyclic) bond motifs is 1. The zero-order valence-corrected chi connectivity index (χ0v) is 18.7. The van der Waals surface area contributed by atoms with Gasteiger partial charge in [0.1, 0.15) is 17.9 Å². The van der Waals surface area contributed by atoms with Gasteiger partial charge in [-0.25, -0.2) is 23.1 Å². The van der Waals surface area contributed by atoms with Crippen LogP contribution in [-0.4, -0.2) is 51.9 Å². The molecule has 0 atom stereocenters. The highest BCUT2D eigenvalue weighted by Crippen LogP contribution is 2.37. The van der Waals surface area contributed by atoms with E-state index in [9.17, 15) is 21.6 Å². The molecule has 3 rings (SSSR count). The van der Waals surface area contributed by atoms with Crippen LogP contribution in [0.5, 0.6) is 17.2 Å². The number of aromatic nitrogens is 2. The van der Waals surface area contributed by atoms with Crippen LogP contribution in [0.25, 0.3) is 10.9 Å². The van der Waals surface area contributed by atoms with Gasteiger partial charge in [-0.15, -0.1) is 0 Å². The van der Waals surface area contributed by atoms with Crippen LogP contribution in [0.2, 0.25) is 0 Å². The molecule has 0 fully saturated rings. The molecule has 13 heteroatoms. The van der Waals surface area contributed by atoms with Gasteiger partial charge in [-0.3, -0.25) is 0 Å². The average molecular weight is 486 g/mol. The number of methoxy groups -OCH3 is 1. The van der Waals surface area contributed by atoms with Gasteiger partial charge in [-0.05, 0) is 38.2 Å². The molecule has 0 radical (unpaired) electrons. The lowest BCUT2D eigenvalue weighted by molar-refractivity contribution is -0.153. The second kappa shape index (κ2) is 9.67. The van der Waals surface area contributed by atoms with Gasteiger partial charge < -0.3 is 19.5 Å². The van der Waals surface area contributed by atoms with E-state index in [1.54, 1.807) is 19.1 Å². The van der Waals surface area contributed by atoms with Crippen molar-refractivity contribution in [3.8, 4) is 17.2 Å². The predicted molar refractivity (Wildman–Crippen MR) is 115 cm³/mol. The van der Waals surface area contributed by atoms with E-state index in [2.05, 4.69) is 20.0 Å². The highest BCUT2D eigenvalue weighted by molar-refractivity contribution is 7.89. The SMILES string of the molecule is CCOc1cc2c(Nc3cc(S(=O)(=O)NC)ccc3OCC(F)(F)F)ncnc2cc1OC. The van der Waals surface area contributed by atoms with Crippen LogP contribution in [0.3, 0.4) is 0 Å². The van der Waals surface area contributed by atoms with Crippen LogP contribution in [0, 0.1) is 0 Å². The number of nitrogens with zero attached hydrogens (tertiary/aromatic N) is 2. The highest BCUT2D eigenvalue weighted by Gasteiger charge is 2.29. The molecule has 0 unspecified atom stereocenters. The van der Waals surface area contributed by atoms with Crippen molar-refractivity contribution in [3.63, 3.8) is 0 Å². The quantitative estimate of drug-likeness (QED) is 0.472. The minimum absolute atomic E-state index is 0.0376. The number of ether oxygens (including phenoxy) is 3. The first-order valence-corrected chi connectivity index (χ1v) is 11.1. The van der Waals surface area contributed by atoms with E-state index >= 15 is 0 Å². The van der Waals surface area contributed by atoms with Crippen LogP contribution < -0.4 is 24.2 Å². The van der Waals surface area contributed by atoms with Crippen molar-refractivity contribution in [3.05, 3.63) is 36.7 Å². The zero-order chi connectivity index (χ0) is 24.2. The standard InChI is InChI=1S/C20H21F3N4O5S/c1-4-31-18-8-13-14(9-17(18)30-3)25-11-26-19(13)27-15-7-12(33(28,29)24-2)5-6-16(15)32-10-20(21,22)23/h5-9,11,24H,4,10H2,1-3H3,(H,25,26,27). The lowest BCUT2D eigenvalue weighted by atomic mass is 10.2. The Bertz CT molecular complexity index is 1250. The molecular formula is C20H21F3N4O5S. The molecule has 0 saturated carbocycles. The summed E-state index contributed by atoms with van der Waals surface area (Å²) >= 11 is 0. The van der Waals surface area contributed by atoms with E-state index in [0.717, 1.165) is 18.2 Å². The number of rotatable bonds is 9. The molecule has 2 aromatic carbocycles. The van der Waals surface area contributed by atoms with Gasteiger partial charge in [0.25, 0.3) is 0 Å². The molecule has 0 aliphatic heterocycles. The van der Waals surface area contributed by atoms with E-state index in [1.165, 1.54) is 20.5 Å². The van der Waals surface area contributed by atoms with Crippen LogP contribution in [0.4, 0.5) is 24.7 Å². The molecule has 0 saturated heterocycles. The molecule has 0 aliphatic rings. The molecule has 2 N–H and O–H groups in total. The molecule has 178 valence electrons. The summed E-state index contributed by atoms with van der Waals surface area (Å²) in [6.07, 6.45) is -3.34. The van der Waals surface area contributed by atoms with Crippen LogP contribution in [-0.2, 0) is 10.0 Å². The summed E-state index contributed by atoms with van der Waals surface area (Å²) in [5.41, 5.74) is 0.425. The van der Waals surface area contributed by atoms with Gasteiger partial charge in [-0.1, -0.05) is 0 Å². The topological polar surface area (TPSA) is 112 Å². The number of halogens is 3. The van der Waals surface area contributed by atoms with Crippen molar-refractivity contribution in [1.29, 1.82) is 0 Å². The zero-order valence-electron chi connectivity index (χ0n) is 17.9. The number of hydrogen-bond donors (Lipinski definition) is 2. The van der Waals surface area contributed by atoms with Gasteiger partial charge in [0.2, 0.25) is 10.0 Å². The Hall–Kier alpha value is -3.32. The number of benzene rings is 2. The summed E-state index contributed by atoms with van der Waals surface area (Å²) in [6.45, 7) is 0.593. The van der Waals surface area contributed by atoms with E-state index in [1.807, 2.05) is 0 Å². The molecule has 9 nitrogen and oxygen atoms in total. The monoisotopic (exact) mass is 486 g/mol. The summed E-state index contributed by atoms with van der Waals surface area (Å²) in [7, 11) is -1.18. The summed E-state index contributed by atoms with van der Waals surface area (Å²) in [6, 6.07) is 6.66. The second-order valence-corrected chi connectivity index (χ2v) is 8.46. The average Bonchev–Trinajstić information content (AvgIpc) is 2.77. The molecule has 0 aliphatic carbocycles. The Morgan fingerprint density at radius 2 is 1.79 bits per heavy atom. The lowest BCUT2D eigenvalue weighted by Gasteiger charge is -2.17.